The normalized spacial score (nSPS) is 10.7. The van der Waals surface area contributed by atoms with Crippen molar-refractivity contribution in [2.75, 3.05) is 12.0 Å². The number of pyridine rings is 1. The number of benzene rings is 2. The number of hydrogen-bond acceptors (Lipinski definition) is 3. The Balaban J connectivity index is 2.04. The molecule has 0 unspecified atom stereocenters. The van der Waals surface area contributed by atoms with Crippen LogP contribution < -0.4 is 9.64 Å². The summed E-state index contributed by atoms with van der Waals surface area (Å²) in [6.45, 7) is 5.71. The fraction of sp³-hybridized carbons (Fsp3) is 0.217. The molecule has 0 aliphatic carbocycles. The van der Waals surface area contributed by atoms with Crippen LogP contribution in [0.15, 0.2) is 48.7 Å². The molecule has 5 nitrogen and oxygen atoms in total. The number of rotatable bonds is 5. The van der Waals surface area contributed by atoms with Crippen LogP contribution in [0.2, 0.25) is 0 Å². The SMILES string of the molecule is COc1c(C)cnc(CN(C(=O)O)c2cc(C)cc(-c3cccc(F)c3)c2)c1C. The molecule has 0 bridgehead atoms. The largest absolute Gasteiger partial charge is 0.496 e. The number of anilines is 1. The molecule has 0 saturated carbocycles. The maximum Gasteiger partial charge on any atom is 0.412 e. The summed E-state index contributed by atoms with van der Waals surface area (Å²) in [6, 6.07) is 11.7. The minimum Gasteiger partial charge on any atom is -0.496 e. The standard InChI is InChI=1S/C23H23FN2O3/c1-14-8-18(17-6-5-7-19(24)10-17)11-20(9-14)26(23(27)28)13-21-16(3)22(29-4)15(2)12-25-21/h5-12H,13H2,1-4H3,(H,27,28). The zero-order valence-electron chi connectivity index (χ0n) is 16.9. The van der Waals surface area contributed by atoms with E-state index in [2.05, 4.69) is 4.98 Å². The van der Waals surface area contributed by atoms with Crippen LogP contribution in [-0.2, 0) is 6.54 Å². The van der Waals surface area contributed by atoms with Gasteiger partial charge in [0.2, 0.25) is 0 Å². The highest BCUT2D eigenvalue weighted by molar-refractivity contribution is 5.87. The molecule has 3 rings (SSSR count). The van der Waals surface area contributed by atoms with Gasteiger partial charge in [-0.1, -0.05) is 18.2 Å². The summed E-state index contributed by atoms with van der Waals surface area (Å²) in [5.41, 5.74) is 5.11. The van der Waals surface area contributed by atoms with Gasteiger partial charge in [-0.05, 0) is 61.7 Å². The lowest BCUT2D eigenvalue weighted by molar-refractivity contribution is 0.201. The van der Waals surface area contributed by atoms with Gasteiger partial charge < -0.3 is 9.84 Å². The van der Waals surface area contributed by atoms with E-state index in [0.717, 1.165) is 22.3 Å². The Labute approximate surface area is 169 Å². The van der Waals surface area contributed by atoms with Crippen LogP contribution in [0.4, 0.5) is 14.9 Å². The van der Waals surface area contributed by atoms with Crippen LogP contribution in [0.3, 0.4) is 0 Å². The van der Waals surface area contributed by atoms with E-state index in [0.29, 0.717) is 22.7 Å². The van der Waals surface area contributed by atoms with E-state index in [1.807, 2.05) is 26.8 Å². The van der Waals surface area contributed by atoms with Crippen LogP contribution in [0, 0.1) is 26.6 Å². The van der Waals surface area contributed by atoms with Crippen molar-refractivity contribution in [2.24, 2.45) is 0 Å². The fourth-order valence-corrected chi connectivity index (χ4v) is 3.40. The van der Waals surface area contributed by atoms with Crippen molar-refractivity contribution in [3.8, 4) is 16.9 Å². The summed E-state index contributed by atoms with van der Waals surface area (Å²) < 4.78 is 19.1. The third kappa shape index (κ3) is 4.37. The van der Waals surface area contributed by atoms with Gasteiger partial charge in [0.1, 0.15) is 11.6 Å². The van der Waals surface area contributed by atoms with Crippen molar-refractivity contribution in [1.82, 2.24) is 4.98 Å². The van der Waals surface area contributed by atoms with E-state index < -0.39 is 6.09 Å². The molecule has 29 heavy (non-hydrogen) atoms. The number of amides is 1. The van der Waals surface area contributed by atoms with Gasteiger partial charge in [-0.2, -0.15) is 0 Å². The lowest BCUT2D eigenvalue weighted by Crippen LogP contribution is -2.29. The van der Waals surface area contributed by atoms with Crippen LogP contribution in [-0.4, -0.2) is 23.3 Å². The zero-order chi connectivity index (χ0) is 21.1. The summed E-state index contributed by atoms with van der Waals surface area (Å²) in [7, 11) is 1.58. The van der Waals surface area contributed by atoms with Crippen molar-refractivity contribution in [1.29, 1.82) is 0 Å². The Kier molecular flexibility index (Phi) is 5.82. The number of halogens is 1. The fourth-order valence-electron chi connectivity index (χ4n) is 3.40. The number of hydrogen-bond donors (Lipinski definition) is 1. The molecular weight excluding hydrogens is 371 g/mol. The maximum atomic E-state index is 13.7. The summed E-state index contributed by atoms with van der Waals surface area (Å²) >= 11 is 0. The highest BCUT2D eigenvalue weighted by Gasteiger charge is 2.20. The Morgan fingerprint density at radius 3 is 2.55 bits per heavy atom. The smallest absolute Gasteiger partial charge is 0.412 e. The third-order valence-corrected chi connectivity index (χ3v) is 4.82. The van der Waals surface area contributed by atoms with Crippen molar-refractivity contribution >= 4 is 11.8 Å². The number of aryl methyl sites for hydroxylation is 2. The molecule has 0 atom stereocenters. The Bertz CT molecular complexity index is 1070. The molecule has 0 saturated heterocycles. The average Bonchev–Trinajstić information content (AvgIpc) is 2.67. The Hall–Kier alpha value is -3.41. The number of methoxy groups -OCH3 is 1. The van der Waals surface area contributed by atoms with Crippen molar-refractivity contribution in [2.45, 2.75) is 27.3 Å². The Morgan fingerprint density at radius 2 is 1.90 bits per heavy atom. The Morgan fingerprint density at radius 1 is 1.14 bits per heavy atom. The molecular formula is C23H23FN2O3. The summed E-state index contributed by atoms with van der Waals surface area (Å²) in [6.07, 6.45) is 0.580. The lowest BCUT2D eigenvalue weighted by atomic mass is 10.0. The van der Waals surface area contributed by atoms with E-state index in [1.54, 1.807) is 37.6 Å². The predicted octanol–water partition coefficient (Wildman–Crippen LogP) is 5.51. The molecule has 1 N–H and O–H groups in total. The molecule has 0 fully saturated rings. The first-order valence-electron chi connectivity index (χ1n) is 9.17. The van der Waals surface area contributed by atoms with E-state index in [1.165, 1.54) is 17.0 Å². The van der Waals surface area contributed by atoms with E-state index in [4.69, 9.17) is 4.74 Å². The quantitative estimate of drug-likeness (QED) is 0.620. The number of carbonyl (C=O) groups is 1. The van der Waals surface area contributed by atoms with Gasteiger partial charge in [0, 0.05) is 23.0 Å². The molecule has 150 valence electrons. The van der Waals surface area contributed by atoms with Crippen molar-refractivity contribution in [3.63, 3.8) is 0 Å². The molecule has 1 aromatic heterocycles. The van der Waals surface area contributed by atoms with Gasteiger partial charge in [0.05, 0.1) is 19.3 Å². The molecule has 6 heteroatoms. The van der Waals surface area contributed by atoms with Crippen LogP contribution in [0.25, 0.3) is 11.1 Å². The number of carboxylic acid groups (broad SMARTS) is 1. The number of aromatic nitrogens is 1. The molecule has 1 amide bonds. The maximum absolute atomic E-state index is 13.7. The van der Waals surface area contributed by atoms with E-state index >= 15 is 0 Å². The second kappa shape index (κ2) is 8.31. The predicted molar refractivity (Wildman–Crippen MR) is 111 cm³/mol. The van der Waals surface area contributed by atoms with Gasteiger partial charge in [0.15, 0.2) is 0 Å². The zero-order valence-corrected chi connectivity index (χ0v) is 16.9. The second-order valence-corrected chi connectivity index (χ2v) is 6.98. The van der Waals surface area contributed by atoms with E-state index in [9.17, 15) is 14.3 Å². The average molecular weight is 394 g/mol. The summed E-state index contributed by atoms with van der Waals surface area (Å²) in [4.78, 5) is 17.7. The third-order valence-electron chi connectivity index (χ3n) is 4.82. The highest BCUT2D eigenvalue weighted by atomic mass is 19.1. The topological polar surface area (TPSA) is 62.7 Å². The molecule has 1 heterocycles. The first-order valence-corrected chi connectivity index (χ1v) is 9.17. The first-order chi connectivity index (χ1) is 13.8. The lowest BCUT2D eigenvalue weighted by Gasteiger charge is -2.22. The molecule has 0 aliphatic heterocycles. The van der Waals surface area contributed by atoms with Gasteiger partial charge >= 0.3 is 6.09 Å². The monoisotopic (exact) mass is 394 g/mol. The highest BCUT2D eigenvalue weighted by Crippen LogP contribution is 2.30. The molecule has 0 spiro atoms. The van der Waals surface area contributed by atoms with Gasteiger partial charge in [-0.15, -0.1) is 0 Å². The van der Waals surface area contributed by atoms with E-state index in [-0.39, 0.29) is 12.4 Å². The first kappa shape index (κ1) is 20.3. The summed E-state index contributed by atoms with van der Waals surface area (Å²) in [5, 5.41) is 9.86. The van der Waals surface area contributed by atoms with Gasteiger partial charge in [0.25, 0.3) is 0 Å². The molecule has 0 aliphatic rings. The van der Waals surface area contributed by atoms with Crippen LogP contribution >= 0.6 is 0 Å². The summed E-state index contributed by atoms with van der Waals surface area (Å²) in [5.74, 6) is 0.359. The van der Waals surface area contributed by atoms with Crippen LogP contribution in [0.5, 0.6) is 5.75 Å². The van der Waals surface area contributed by atoms with Gasteiger partial charge in [-0.25, -0.2) is 9.18 Å². The molecule has 3 aromatic rings. The minimum atomic E-state index is -1.10. The molecule has 2 aromatic carbocycles. The van der Waals surface area contributed by atoms with Crippen molar-refractivity contribution in [3.05, 3.63) is 76.9 Å². The molecule has 0 radical (unpaired) electrons. The van der Waals surface area contributed by atoms with Crippen molar-refractivity contribution < 1.29 is 19.0 Å². The van der Waals surface area contributed by atoms with Crippen LogP contribution in [0.1, 0.15) is 22.4 Å². The van der Waals surface area contributed by atoms with Gasteiger partial charge in [-0.3, -0.25) is 9.88 Å². The minimum absolute atomic E-state index is 0.0733. The second-order valence-electron chi connectivity index (χ2n) is 6.98. The number of ether oxygens (including phenoxy) is 1. The number of nitrogens with zero attached hydrogens (tertiary/aromatic N) is 2.